The maximum absolute atomic E-state index is 12.0. The average molecular weight is 355 g/mol. The van der Waals surface area contributed by atoms with Gasteiger partial charge in [-0.15, -0.1) is 0 Å². The van der Waals surface area contributed by atoms with Gasteiger partial charge in [-0.25, -0.2) is 5.48 Å². The SMILES string of the molecule is CN(C)C(=O)c1cc(OC2CCc3cc(C(=O)NO)ccc3C2)ccn1. The van der Waals surface area contributed by atoms with Crippen molar-refractivity contribution in [1.29, 1.82) is 0 Å². The summed E-state index contributed by atoms with van der Waals surface area (Å²) in [4.78, 5) is 29.1. The Labute approximate surface area is 151 Å². The summed E-state index contributed by atoms with van der Waals surface area (Å²) in [6.07, 6.45) is 3.86. The Morgan fingerprint density at radius 1 is 1.23 bits per heavy atom. The zero-order valence-electron chi connectivity index (χ0n) is 14.7. The number of pyridine rings is 1. The van der Waals surface area contributed by atoms with Crippen LogP contribution in [-0.2, 0) is 12.8 Å². The summed E-state index contributed by atoms with van der Waals surface area (Å²) < 4.78 is 6.05. The number of carbonyl (C=O) groups is 2. The lowest BCUT2D eigenvalue weighted by atomic mass is 9.88. The number of carbonyl (C=O) groups excluding carboxylic acids is 2. The largest absolute Gasteiger partial charge is 0.490 e. The first-order valence-corrected chi connectivity index (χ1v) is 8.38. The van der Waals surface area contributed by atoms with Gasteiger partial charge in [0.2, 0.25) is 0 Å². The van der Waals surface area contributed by atoms with E-state index in [9.17, 15) is 9.59 Å². The predicted octanol–water partition coefficient (Wildman–Crippen LogP) is 1.84. The van der Waals surface area contributed by atoms with E-state index < -0.39 is 5.91 Å². The van der Waals surface area contributed by atoms with E-state index in [1.54, 1.807) is 50.0 Å². The number of hydrogen-bond acceptors (Lipinski definition) is 5. The smallest absolute Gasteiger partial charge is 0.274 e. The van der Waals surface area contributed by atoms with Crippen LogP contribution in [0.2, 0.25) is 0 Å². The summed E-state index contributed by atoms with van der Waals surface area (Å²) in [7, 11) is 3.36. The molecule has 3 rings (SSSR count). The molecule has 1 atom stereocenters. The standard InChI is InChI=1S/C19H21N3O4/c1-22(2)19(24)17-11-16(7-8-20-17)26-15-6-5-12-9-14(18(23)21-25)4-3-13(12)10-15/h3-4,7-9,11,15,25H,5-6,10H2,1-2H3,(H,21,23). The zero-order chi connectivity index (χ0) is 18.7. The fourth-order valence-corrected chi connectivity index (χ4v) is 3.05. The highest BCUT2D eigenvalue weighted by Gasteiger charge is 2.22. The first-order chi connectivity index (χ1) is 12.5. The van der Waals surface area contributed by atoms with Gasteiger partial charge in [0.15, 0.2) is 0 Å². The molecule has 1 aromatic heterocycles. The first-order valence-electron chi connectivity index (χ1n) is 8.38. The molecule has 0 saturated heterocycles. The monoisotopic (exact) mass is 355 g/mol. The fraction of sp³-hybridized carbons (Fsp3) is 0.316. The van der Waals surface area contributed by atoms with Gasteiger partial charge in [-0.2, -0.15) is 0 Å². The molecule has 7 nitrogen and oxygen atoms in total. The summed E-state index contributed by atoms with van der Waals surface area (Å²) in [6.45, 7) is 0. The molecular weight excluding hydrogens is 334 g/mol. The third-order valence-corrected chi connectivity index (χ3v) is 4.41. The normalized spacial score (nSPS) is 15.7. The number of fused-ring (bicyclic) bond motifs is 1. The van der Waals surface area contributed by atoms with Gasteiger partial charge in [-0.3, -0.25) is 19.8 Å². The second-order valence-corrected chi connectivity index (χ2v) is 6.48. The van der Waals surface area contributed by atoms with Crippen LogP contribution < -0.4 is 10.2 Å². The number of amides is 2. The van der Waals surface area contributed by atoms with Crippen molar-refractivity contribution in [3.05, 3.63) is 58.9 Å². The van der Waals surface area contributed by atoms with Crippen molar-refractivity contribution in [3.8, 4) is 5.75 Å². The van der Waals surface area contributed by atoms with Crippen molar-refractivity contribution in [2.75, 3.05) is 14.1 Å². The van der Waals surface area contributed by atoms with Crippen LogP contribution in [0.5, 0.6) is 5.75 Å². The average Bonchev–Trinajstić information content (AvgIpc) is 2.66. The fourth-order valence-electron chi connectivity index (χ4n) is 3.05. The van der Waals surface area contributed by atoms with Crippen LogP contribution >= 0.6 is 0 Å². The molecule has 2 aromatic rings. The van der Waals surface area contributed by atoms with Crippen LogP contribution in [0.1, 0.15) is 38.4 Å². The second kappa shape index (κ2) is 7.53. The zero-order valence-corrected chi connectivity index (χ0v) is 14.7. The number of nitrogens with one attached hydrogen (secondary N) is 1. The number of aryl methyl sites for hydroxylation is 1. The summed E-state index contributed by atoms with van der Waals surface area (Å²) in [6, 6.07) is 8.79. The van der Waals surface area contributed by atoms with Crippen molar-refractivity contribution >= 4 is 11.8 Å². The highest BCUT2D eigenvalue weighted by molar-refractivity contribution is 5.93. The summed E-state index contributed by atoms with van der Waals surface area (Å²) in [5, 5.41) is 8.74. The molecule has 1 unspecified atom stereocenters. The summed E-state index contributed by atoms with van der Waals surface area (Å²) in [5.41, 5.74) is 4.65. The number of aromatic nitrogens is 1. The van der Waals surface area contributed by atoms with E-state index in [2.05, 4.69) is 4.98 Å². The summed E-state index contributed by atoms with van der Waals surface area (Å²) >= 11 is 0. The minimum absolute atomic E-state index is 0.00951. The molecule has 7 heteroatoms. The molecule has 0 saturated carbocycles. The molecule has 136 valence electrons. The van der Waals surface area contributed by atoms with Gasteiger partial charge >= 0.3 is 0 Å². The minimum Gasteiger partial charge on any atom is -0.490 e. The summed E-state index contributed by atoms with van der Waals surface area (Å²) in [5.74, 6) is -0.0601. The quantitative estimate of drug-likeness (QED) is 0.645. The van der Waals surface area contributed by atoms with E-state index in [-0.39, 0.29) is 12.0 Å². The van der Waals surface area contributed by atoms with E-state index in [1.165, 1.54) is 4.90 Å². The molecule has 26 heavy (non-hydrogen) atoms. The van der Waals surface area contributed by atoms with Gasteiger partial charge in [-0.05, 0) is 42.2 Å². The third-order valence-electron chi connectivity index (χ3n) is 4.41. The maximum atomic E-state index is 12.0. The van der Waals surface area contributed by atoms with Gasteiger partial charge in [-0.1, -0.05) is 6.07 Å². The molecule has 0 radical (unpaired) electrons. The Kier molecular flexibility index (Phi) is 5.18. The van der Waals surface area contributed by atoms with Crippen LogP contribution in [0.3, 0.4) is 0 Å². The van der Waals surface area contributed by atoms with Gasteiger partial charge in [0.25, 0.3) is 11.8 Å². The lowest BCUT2D eigenvalue weighted by Crippen LogP contribution is -2.27. The van der Waals surface area contributed by atoms with E-state index >= 15 is 0 Å². The van der Waals surface area contributed by atoms with Gasteiger partial charge in [0.1, 0.15) is 17.5 Å². The van der Waals surface area contributed by atoms with E-state index in [1.807, 2.05) is 6.07 Å². The first kappa shape index (κ1) is 17.9. The number of rotatable bonds is 4. The van der Waals surface area contributed by atoms with Crippen LogP contribution in [0, 0.1) is 0 Å². The molecule has 2 N–H and O–H groups in total. The maximum Gasteiger partial charge on any atom is 0.274 e. The third kappa shape index (κ3) is 3.83. The number of hydrogen-bond donors (Lipinski definition) is 2. The molecule has 1 aliphatic carbocycles. The highest BCUT2D eigenvalue weighted by Crippen LogP contribution is 2.26. The van der Waals surface area contributed by atoms with Crippen LogP contribution in [0.25, 0.3) is 0 Å². The van der Waals surface area contributed by atoms with Gasteiger partial charge in [0.05, 0.1) is 0 Å². The number of ether oxygens (including phenoxy) is 1. The van der Waals surface area contributed by atoms with E-state index in [4.69, 9.17) is 9.94 Å². The van der Waals surface area contributed by atoms with Gasteiger partial charge in [0, 0.05) is 38.3 Å². The number of hydroxylamine groups is 1. The second-order valence-electron chi connectivity index (χ2n) is 6.48. The molecular formula is C19H21N3O4. The predicted molar refractivity (Wildman–Crippen MR) is 94.4 cm³/mol. The minimum atomic E-state index is -0.513. The Bertz CT molecular complexity index is 835. The highest BCUT2D eigenvalue weighted by atomic mass is 16.5. The number of benzene rings is 1. The Hall–Kier alpha value is -2.93. The molecule has 0 spiro atoms. The lowest BCUT2D eigenvalue weighted by Gasteiger charge is -2.26. The molecule has 2 amide bonds. The Morgan fingerprint density at radius 2 is 2.04 bits per heavy atom. The number of nitrogens with zero attached hydrogens (tertiary/aromatic N) is 2. The topological polar surface area (TPSA) is 91.8 Å². The van der Waals surface area contributed by atoms with Crippen molar-refractivity contribution < 1.29 is 19.5 Å². The lowest BCUT2D eigenvalue weighted by molar-refractivity contribution is 0.0706. The van der Waals surface area contributed by atoms with Crippen molar-refractivity contribution in [2.45, 2.75) is 25.4 Å². The Morgan fingerprint density at radius 3 is 2.77 bits per heavy atom. The van der Waals surface area contributed by atoms with Crippen LogP contribution in [0.4, 0.5) is 0 Å². The van der Waals surface area contributed by atoms with E-state index in [0.717, 1.165) is 30.4 Å². The van der Waals surface area contributed by atoms with Gasteiger partial charge < -0.3 is 9.64 Å². The van der Waals surface area contributed by atoms with Crippen molar-refractivity contribution in [2.24, 2.45) is 0 Å². The van der Waals surface area contributed by atoms with Crippen LogP contribution in [0.15, 0.2) is 36.5 Å². The van der Waals surface area contributed by atoms with Crippen LogP contribution in [-0.4, -0.2) is 47.1 Å². The van der Waals surface area contributed by atoms with Crippen molar-refractivity contribution in [3.63, 3.8) is 0 Å². The molecule has 0 bridgehead atoms. The molecule has 1 heterocycles. The Balaban J connectivity index is 1.71. The molecule has 1 aromatic carbocycles. The molecule has 0 fully saturated rings. The van der Waals surface area contributed by atoms with Crippen molar-refractivity contribution in [1.82, 2.24) is 15.4 Å². The molecule has 0 aliphatic heterocycles. The molecule has 1 aliphatic rings. The van der Waals surface area contributed by atoms with E-state index in [0.29, 0.717) is 17.0 Å².